The fraction of sp³-hybridized carbons (Fsp3) is 0.390. The molecule has 2 fully saturated rings. The van der Waals surface area contributed by atoms with Crippen LogP contribution in [0.2, 0.25) is 0 Å². The number of aliphatic carboxylic acids is 1. The lowest BCUT2D eigenvalue weighted by Crippen LogP contribution is -2.61. The van der Waals surface area contributed by atoms with Crippen molar-refractivity contribution in [2.75, 3.05) is 37.5 Å². The van der Waals surface area contributed by atoms with Crippen molar-refractivity contribution < 1.29 is 29.0 Å². The Kier molecular flexibility index (Phi) is 9.50. The van der Waals surface area contributed by atoms with Crippen LogP contribution in [0.15, 0.2) is 60.7 Å². The molecule has 1 aliphatic heterocycles. The van der Waals surface area contributed by atoms with Crippen molar-refractivity contribution in [3.8, 4) is 22.8 Å². The first-order valence-electron chi connectivity index (χ1n) is 18.1. The van der Waals surface area contributed by atoms with E-state index >= 15 is 0 Å². The molecule has 0 saturated heterocycles. The van der Waals surface area contributed by atoms with Gasteiger partial charge < -0.3 is 34.7 Å². The van der Waals surface area contributed by atoms with Gasteiger partial charge in [0, 0.05) is 71.2 Å². The van der Waals surface area contributed by atoms with Crippen molar-refractivity contribution in [2.24, 2.45) is 0 Å². The number of rotatable bonds is 10. The molecule has 0 unspecified atom stereocenters. The van der Waals surface area contributed by atoms with Gasteiger partial charge in [-0.1, -0.05) is 25.3 Å². The maximum atomic E-state index is 14.0. The van der Waals surface area contributed by atoms with Gasteiger partial charge in [0.15, 0.2) is 0 Å². The number of ether oxygens (including phenoxy) is 2. The van der Waals surface area contributed by atoms with Gasteiger partial charge in [0.25, 0.3) is 5.91 Å². The van der Waals surface area contributed by atoms with Gasteiger partial charge in [-0.15, -0.1) is 0 Å². The highest BCUT2D eigenvalue weighted by atomic mass is 16.5. The van der Waals surface area contributed by atoms with Crippen molar-refractivity contribution in [3.63, 3.8) is 0 Å². The van der Waals surface area contributed by atoms with Crippen molar-refractivity contribution in [1.82, 2.24) is 9.88 Å². The minimum atomic E-state index is -1.09. The first-order chi connectivity index (χ1) is 24.7. The highest BCUT2D eigenvalue weighted by molar-refractivity contribution is 6.06. The molecule has 10 heteroatoms. The van der Waals surface area contributed by atoms with Crippen LogP contribution < -0.4 is 25.0 Å². The topological polar surface area (TPSA) is 122 Å². The van der Waals surface area contributed by atoms with Crippen LogP contribution in [0.25, 0.3) is 28.2 Å². The minimum absolute atomic E-state index is 0.283. The normalized spacial score (nSPS) is 16.9. The molecule has 1 aromatic heterocycles. The van der Waals surface area contributed by atoms with Gasteiger partial charge in [0.2, 0.25) is 5.91 Å². The van der Waals surface area contributed by atoms with Crippen LogP contribution in [-0.4, -0.2) is 60.3 Å². The fourth-order valence-electron chi connectivity index (χ4n) is 8.08. The fourth-order valence-corrected chi connectivity index (χ4v) is 8.08. The first kappa shape index (κ1) is 34.2. The average molecular weight is 691 g/mol. The summed E-state index contributed by atoms with van der Waals surface area (Å²) in [7, 11) is 3.63. The van der Waals surface area contributed by atoms with Crippen LogP contribution in [0.3, 0.4) is 0 Å². The molecule has 51 heavy (non-hydrogen) atoms. The third-order valence-electron chi connectivity index (χ3n) is 10.9. The third kappa shape index (κ3) is 6.55. The zero-order valence-corrected chi connectivity index (χ0v) is 29.6. The third-order valence-corrected chi connectivity index (χ3v) is 10.9. The summed E-state index contributed by atoms with van der Waals surface area (Å²) in [5.74, 6) is 0.114. The largest absolute Gasteiger partial charge is 0.496 e. The number of aromatic nitrogens is 1. The first-order valence-corrected chi connectivity index (χ1v) is 18.1. The number of hydrogen-bond donors (Lipinski definition) is 3. The molecule has 3 aromatic carbocycles. The molecule has 2 amide bonds. The van der Waals surface area contributed by atoms with Gasteiger partial charge >= 0.3 is 5.97 Å². The maximum Gasteiger partial charge on any atom is 0.328 e. The standard InChI is InChI=1S/C41H46N4O6/c1-4-51-30-14-16-32-33(25-30)44(2)21-22-45-34-24-28(11-15-31(34)37(38(32)45)26-9-6-5-7-10-26)39(48)43-41(19-8-20-41)40(49)42-29-13-17-35(50-3)27(23-29)12-18-36(46)47/h11-18,23-26H,4-10,19-22H2,1-3H3,(H,42,49)(H,43,48)(H,46,47)/b18-12+. The molecule has 10 nitrogen and oxygen atoms in total. The number of methoxy groups -OCH3 is 1. The summed E-state index contributed by atoms with van der Waals surface area (Å²) in [6, 6.07) is 17.5. The molecule has 3 N–H and O–H groups in total. The Morgan fingerprint density at radius 3 is 2.49 bits per heavy atom. The number of anilines is 2. The highest BCUT2D eigenvalue weighted by Gasteiger charge is 2.45. The predicted octanol–water partition coefficient (Wildman–Crippen LogP) is 7.60. The van der Waals surface area contributed by atoms with Crippen LogP contribution in [-0.2, 0) is 16.1 Å². The SMILES string of the molecule is CCOc1ccc2c(c1)N(C)CCn1c-2c(C2CCCCC2)c2ccc(C(=O)NC3(C(=O)Nc4ccc(OC)c(/C=C/C(=O)O)c4)CCC3)cc21. The van der Waals surface area contributed by atoms with E-state index in [0.717, 1.165) is 55.4 Å². The van der Waals surface area contributed by atoms with E-state index in [1.165, 1.54) is 54.7 Å². The Morgan fingerprint density at radius 2 is 1.78 bits per heavy atom. The van der Waals surface area contributed by atoms with Crippen molar-refractivity contribution in [2.45, 2.75) is 76.3 Å². The molecule has 2 saturated carbocycles. The molecule has 0 atom stereocenters. The molecule has 7 rings (SSSR count). The summed E-state index contributed by atoms with van der Waals surface area (Å²) in [6.07, 6.45) is 10.3. The lowest BCUT2D eigenvalue weighted by atomic mass is 9.75. The minimum Gasteiger partial charge on any atom is -0.496 e. The second kappa shape index (κ2) is 14.2. The summed E-state index contributed by atoms with van der Waals surface area (Å²) < 4.78 is 13.7. The number of hydrogen-bond acceptors (Lipinski definition) is 6. The summed E-state index contributed by atoms with van der Waals surface area (Å²) >= 11 is 0. The summed E-state index contributed by atoms with van der Waals surface area (Å²) in [5.41, 5.74) is 6.47. The summed E-state index contributed by atoms with van der Waals surface area (Å²) in [5, 5.41) is 16.4. The van der Waals surface area contributed by atoms with Gasteiger partial charge in [-0.25, -0.2) is 4.79 Å². The molecule has 0 bridgehead atoms. The van der Waals surface area contributed by atoms with E-state index < -0.39 is 11.5 Å². The number of carbonyl (C=O) groups is 3. The van der Waals surface area contributed by atoms with Crippen molar-refractivity contribution in [3.05, 3.63) is 77.4 Å². The van der Waals surface area contributed by atoms with Gasteiger partial charge in [-0.05, 0) is 99.0 Å². The van der Waals surface area contributed by atoms with Gasteiger partial charge in [-0.3, -0.25) is 9.59 Å². The Balaban J connectivity index is 1.21. The van der Waals surface area contributed by atoms with E-state index in [9.17, 15) is 14.4 Å². The number of nitrogens with one attached hydrogen (secondary N) is 2. The van der Waals surface area contributed by atoms with Crippen LogP contribution in [0.4, 0.5) is 11.4 Å². The number of carboxylic acids is 1. The smallest absolute Gasteiger partial charge is 0.328 e. The molecular weight excluding hydrogens is 644 g/mol. The lowest BCUT2D eigenvalue weighted by Gasteiger charge is -2.40. The number of fused-ring (bicyclic) bond motifs is 5. The number of likely N-dealkylation sites (N-methyl/N-ethyl adjacent to an activating group) is 1. The number of carbonyl (C=O) groups excluding carboxylic acids is 2. The number of benzene rings is 3. The van der Waals surface area contributed by atoms with E-state index in [2.05, 4.69) is 51.4 Å². The molecule has 0 spiro atoms. The summed E-state index contributed by atoms with van der Waals surface area (Å²) in [6.45, 7) is 4.19. The molecule has 266 valence electrons. The highest BCUT2D eigenvalue weighted by Crippen LogP contribution is 2.48. The average Bonchev–Trinajstić information content (AvgIpc) is 3.37. The van der Waals surface area contributed by atoms with Gasteiger partial charge in [-0.2, -0.15) is 0 Å². The number of nitrogens with zero attached hydrogens (tertiary/aromatic N) is 2. The number of carboxylic acid groups (broad SMARTS) is 1. The maximum absolute atomic E-state index is 14.0. The van der Waals surface area contributed by atoms with Gasteiger partial charge in [0.05, 0.1) is 19.4 Å². The second-order valence-corrected chi connectivity index (χ2v) is 14.0. The van der Waals surface area contributed by atoms with E-state index in [-0.39, 0.29) is 11.8 Å². The molecule has 2 aliphatic carbocycles. The van der Waals surface area contributed by atoms with Crippen LogP contribution >= 0.6 is 0 Å². The Bertz CT molecular complexity index is 2020. The van der Waals surface area contributed by atoms with Crippen LogP contribution in [0, 0.1) is 0 Å². The van der Waals surface area contributed by atoms with Crippen LogP contribution in [0.5, 0.6) is 11.5 Å². The van der Waals surface area contributed by atoms with Crippen LogP contribution in [0.1, 0.15) is 85.7 Å². The zero-order valence-electron chi connectivity index (χ0n) is 29.6. The molecule has 0 radical (unpaired) electrons. The zero-order chi connectivity index (χ0) is 35.7. The molecular formula is C41H46N4O6. The lowest BCUT2D eigenvalue weighted by molar-refractivity contribution is -0.131. The predicted molar refractivity (Wildman–Crippen MR) is 200 cm³/mol. The Labute approximate surface area is 298 Å². The van der Waals surface area contributed by atoms with E-state index in [1.807, 2.05) is 19.1 Å². The Morgan fingerprint density at radius 1 is 0.980 bits per heavy atom. The quantitative estimate of drug-likeness (QED) is 0.147. The number of amides is 2. The second-order valence-electron chi connectivity index (χ2n) is 14.0. The molecule has 3 aliphatic rings. The van der Waals surface area contributed by atoms with E-state index in [0.29, 0.717) is 47.9 Å². The Hall–Kier alpha value is -5.25. The monoisotopic (exact) mass is 690 g/mol. The van der Waals surface area contributed by atoms with E-state index in [4.69, 9.17) is 14.6 Å². The van der Waals surface area contributed by atoms with E-state index in [1.54, 1.807) is 18.2 Å². The summed E-state index contributed by atoms with van der Waals surface area (Å²) in [4.78, 5) is 41.2. The van der Waals surface area contributed by atoms with Crippen molar-refractivity contribution in [1.29, 1.82) is 0 Å². The van der Waals surface area contributed by atoms with Crippen molar-refractivity contribution >= 4 is 46.1 Å². The molecule has 2 heterocycles. The van der Waals surface area contributed by atoms with Gasteiger partial charge in [0.1, 0.15) is 17.0 Å². The molecule has 4 aromatic rings.